The summed E-state index contributed by atoms with van der Waals surface area (Å²) in [5.74, 6) is 0.0245. The fourth-order valence-electron chi connectivity index (χ4n) is 2.72. The Bertz CT molecular complexity index is 713. The predicted octanol–water partition coefficient (Wildman–Crippen LogP) is 3.20. The zero-order valence-corrected chi connectivity index (χ0v) is 14.2. The zero-order chi connectivity index (χ0) is 16.8. The molecule has 3 rings (SSSR count). The molecule has 0 spiro atoms. The van der Waals surface area contributed by atoms with E-state index in [0.29, 0.717) is 32.5 Å². The van der Waals surface area contributed by atoms with Gasteiger partial charge in [0.2, 0.25) is 11.8 Å². The first-order chi connectivity index (χ1) is 11.7. The zero-order valence-electron chi connectivity index (χ0n) is 13.4. The number of rotatable bonds is 6. The monoisotopic (exact) mass is 340 g/mol. The van der Waals surface area contributed by atoms with Crippen molar-refractivity contribution in [3.05, 3.63) is 63.9 Å². The minimum Gasteiger partial charge on any atom is -0.353 e. The van der Waals surface area contributed by atoms with Gasteiger partial charge in [-0.25, -0.2) is 0 Å². The van der Waals surface area contributed by atoms with E-state index in [-0.39, 0.29) is 11.8 Å². The SMILES string of the molecule is O=C(/C=C\c1ccsc1)NCCCC(=O)N1Cc2ccccc2C1. The molecule has 1 aliphatic rings. The summed E-state index contributed by atoms with van der Waals surface area (Å²) < 4.78 is 0. The Morgan fingerprint density at radius 1 is 1.17 bits per heavy atom. The van der Waals surface area contributed by atoms with Gasteiger partial charge in [0.25, 0.3) is 0 Å². The number of benzene rings is 1. The van der Waals surface area contributed by atoms with Crippen LogP contribution in [-0.4, -0.2) is 23.3 Å². The first-order valence-electron chi connectivity index (χ1n) is 8.05. The Hall–Kier alpha value is -2.40. The van der Waals surface area contributed by atoms with Crippen LogP contribution in [0.15, 0.2) is 47.2 Å². The van der Waals surface area contributed by atoms with Gasteiger partial charge >= 0.3 is 0 Å². The molecule has 2 aromatic rings. The van der Waals surface area contributed by atoms with Crippen molar-refractivity contribution in [1.29, 1.82) is 0 Å². The van der Waals surface area contributed by atoms with Crippen LogP contribution in [0, 0.1) is 0 Å². The van der Waals surface area contributed by atoms with Crippen LogP contribution in [0.2, 0.25) is 0 Å². The van der Waals surface area contributed by atoms with Crippen molar-refractivity contribution in [3.63, 3.8) is 0 Å². The van der Waals surface area contributed by atoms with E-state index in [1.54, 1.807) is 17.4 Å². The molecule has 0 atom stereocenters. The highest BCUT2D eigenvalue weighted by Gasteiger charge is 2.22. The van der Waals surface area contributed by atoms with Crippen LogP contribution in [-0.2, 0) is 22.7 Å². The van der Waals surface area contributed by atoms with E-state index in [9.17, 15) is 9.59 Å². The van der Waals surface area contributed by atoms with Gasteiger partial charge in [-0.15, -0.1) is 0 Å². The van der Waals surface area contributed by atoms with E-state index in [1.807, 2.05) is 33.9 Å². The summed E-state index contributed by atoms with van der Waals surface area (Å²) in [7, 11) is 0. The highest BCUT2D eigenvalue weighted by Crippen LogP contribution is 2.22. The predicted molar refractivity (Wildman–Crippen MR) is 96.3 cm³/mol. The quantitative estimate of drug-likeness (QED) is 0.648. The lowest BCUT2D eigenvalue weighted by atomic mass is 10.1. The highest BCUT2D eigenvalue weighted by molar-refractivity contribution is 7.08. The van der Waals surface area contributed by atoms with Crippen molar-refractivity contribution in [2.75, 3.05) is 6.54 Å². The molecule has 0 saturated heterocycles. The van der Waals surface area contributed by atoms with Crippen molar-refractivity contribution >= 4 is 29.2 Å². The lowest BCUT2D eigenvalue weighted by molar-refractivity contribution is -0.132. The van der Waals surface area contributed by atoms with Crippen LogP contribution < -0.4 is 5.32 Å². The molecule has 0 saturated carbocycles. The highest BCUT2D eigenvalue weighted by atomic mass is 32.1. The summed E-state index contributed by atoms with van der Waals surface area (Å²) in [6, 6.07) is 10.1. The van der Waals surface area contributed by atoms with Gasteiger partial charge in [0.15, 0.2) is 0 Å². The fourth-order valence-corrected chi connectivity index (χ4v) is 3.35. The smallest absolute Gasteiger partial charge is 0.243 e. The van der Waals surface area contributed by atoms with Gasteiger partial charge in [-0.1, -0.05) is 24.3 Å². The molecule has 1 N–H and O–H groups in total. The van der Waals surface area contributed by atoms with Crippen LogP contribution in [0.1, 0.15) is 29.5 Å². The van der Waals surface area contributed by atoms with E-state index >= 15 is 0 Å². The Morgan fingerprint density at radius 3 is 2.58 bits per heavy atom. The van der Waals surface area contributed by atoms with Crippen LogP contribution in [0.5, 0.6) is 0 Å². The minimum atomic E-state index is -0.123. The van der Waals surface area contributed by atoms with Crippen LogP contribution in [0.3, 0.4) is 0 Å². The van der Waals surface area contributed by atoms with Crippen molar-refractivity contribution in [3.8, 4) is 0 Å². The van der Waals surface area contributed by atoms with E-state index in [4.69, 9.17) is 0 Å². The van der Waals surface area contributed by atoms with Crippen molar-refractivity contribution in [2.45, 2.75) is 25.9 Å². The second-order valence-corrected chi connectivity index (χ2v) is 6.58. The summed E-state index contributed by atoms with van der Waals surface area (Å²) in [6.07, 6.45) is 4.44. The molecule has 124 valence electrons. The van der Waals surface area contributed by atoms with E-state index < -0.39 is 0 Å². The molecule has 1 aromatic heterocycles. The average molecular weight is 340 g/mol. The lowest BCUT2D eigenvalue weighted by Crippen LogP contribution is -2.27. The molecule has 1 aromatic carbocycles. The standard InChI is InChI=1S/C19H20N2O2S/c22-18(8-7-15-9-11-24-14-15)20-10-3-6-19(23)21-12-16-4-1-2-5-17(16)13-21/h1-2,4-5,7-9,11,14H,3,6,10,12-13H2,(H,20,22)/b8-7-. The second kappa shape index (κ2) is 7.93. The first-order valence-corrected chi connectivity index (χ1v) is 8.99. The Morgan fingerprint density at radius 2 is 1.92 bits per heavy atom. The third kappa shape index (κ3) is 4.32. The summed E-state index contributed by atoms with van der Waals surface area (Å²) in [6.45, 7) is 1.91. The molecule has 1 aliphatic heterocycles. The Labute approximate surface area is 145 Å². The third-order valence-electron chi connectivity index (χ3n) is 4.03. The number of carbonyl (C=O) groups is 2. The number of hydrogen-bond donors (Lipinski definition) is 1. The normalized spacial score (nSPS) is 13.2. The maximum atomic E-state index is 12.2. The fraction of sp³-hybridized carbons (Fsp3) is 0.263. The molecule has 4 nitrogen and oxygen atoms in total. The van der Waals surface area contributed by atoms with Crippen LogP contribution in [0.4, 0.5) is 0 Å². The maximum Gasteiger partial charge on any atom is 0.243 e. The van der Waals surface area contributed by atoms with Gasteiger partial charge in [0, 0.05) is 32.1 Å². The van der Waals surface area contributed by atoms with E-state index in [2.05, 4.69) is 17.4 Å². The third-order valence-corrected chi connectivity index (χ3v) is 4.73. The Kier molecular flexibility index (Phi) is 5.43. The van der Waals surface area contributed by atoms with E-state index in [1.165, 1.54) is 17.2 Å². The number of thiophene rings is 1. The number of fused-ring (bicyclic) bond motifs is 1. The van der Waals surface area contributed by atoms with Crippen molar-refractivity contribution < 1.29 is 9.59 Å². The average Bonchev–Trinajstić information content (AvgIpc) is 3.25. The second-order valence-electron chi connectivity index (χ2n) is 5.80. The van der Waals surface area contributed by atoms with Crippen LogP contribution >= 0.6 is 11.3 Å². The summed E-state index contributed by atoms with van der Waals surface area (Å²) >= 11 is 1.60. The lowest BCUT2D eigenvalue weighted by Gasteiger charge is -2.15. The number of nitrogens with zero attached hydrogens (tertiary/aromatic N) is 1. The number of amides is 2. The molecule has 0 fully saturated rings. The van der Waals surface area contributed by atoms with Gasteiger partial charge in [0.05, 0.1) is 0 Å². The topological polar surface area (TPSA) is 49.4 Å². The van der Waals surface area contributed by atoms with Gasteiger partial charge in [0.1, 0.15) is 0 Å². The molecular formula is C19H20N2O2S. The summed E-state index contributed by atoms with van der Waals surface area (Å²) in [5, 5.41) is 6.77. The molecule has 24 heavy (non-hydrogen) atoms. The molecule has 0 aliphatic carbocycles. The molecule has 0 unspecified atom stereocenters. The molecule has 0 radical (unpaired) electrons. The summed E-state index contributed by atoms with van der Waals surface area (Å²) in [5.41, 5.74) is 3.49. The van der Waals surface area contributed by atoms with Gasteiger partial charge in [-0.2, -0.15) is 11.3 Å². The molecule has 0 bridgehead atoms. The van der Waals surface area contributed by atoms with Crippen LogP contribution in [0.25, 0.3) is 6.08 Å². The number of nitrogens with one attached hydrogen (secondary N) is 1. The number of hydrogen-bond acceptors (Lipinski definition) is 3. The molecule has 2 amide bonds. The largest absolute Gasteiger partial charge is 0.353 e. The summed E-state index contributed by atoms with van der Waals surface area (Å²) in [4.78, 5) is 25.8. The minimum absolute atomic E-state index is 0.123. The molecule has 2 heterocycles. The van der Waals surface area contributed by atoms with E-state index in [0.717, 1.165) is 5.56 Å². The van der Waals surface area contributed by atoms with Crippen molar-refractivity contribution in [1.82, 2.24) is 10.2 Å². The Balaban J connectivity index is 1.35. The maximum absolute atomic E-state index is 12.2. The number of carbonyl (C=O) groups excluding carboxylic acids is 2. The molecule has 5 heteroatoms. The van der Waals surface area contributed by atoms with Gasteiger partial charge in [-0.3, -0.25) is 9.59 Å². The van der Waals surface area contributed by atoms with Gasteiger partial charge in [-0.05, 0) is 46.0 Å². The van der Waals surface area contributed by atoms with Gasteiger partial charge < -0.3 is 10.2 Å². The first kappa shape index (κ1) is 16.5. The molecular weight excluding hydrogens is 320 g/mol. The van der Waals surface area contributed by atoms with Crippen molar-refractivity contribution in [2.24, 2.45) is 0 Å².